The summed E-state index contributed by atoms with van der Waals surface area (Å²) in [5.74, 6) is 0.721. The van der Waals surface area contributed by atoms with Gasteiger partial charge in [0.2, 0.25) is 0 Å². The molecule has 0 aromatic heterocycles. The highest BCUT2D eigenvalue weighted by atomic mass is 14.1. The first-order valence-corrected chi connectivity index (χ1v) is 8.64. The largest absolute Gasteiger partial charge is 0.340 e. The highest BCUT2D eigenvalue weighted by Gasteiger charge is 1.96. The lowest BCUT2D eigenvalue weighted by Gasteiger charge is -2.16. The number of hydrogen-bond acceptors (Lipinski definition) is 0. The zero-order chi connectivity index (χ0) is 13.5. The van der Waals surface area contributed by atoms with Gasteiger partial charge in [-0.3, -0.25) is 0 Å². The van der Waals surface area contributed by atoms with Gasteiger partial charge in [-0.1, -0.05) is 104 Å². The summed E-state index contributed by atoms with van der Waals surface area (Å²) in [7, 11) is 0. The molecule has 0 aliphatic carbocycles. The minimum atomic E-state index is 0.721. The molecule has 0 nitrogen and oxygen atoms in total. The van der Waals surface area contributed by atoms with Crippen molar-refractivity contribution in [3.63, 3.8) is 0 Å². The van der Waals surface area contributed by atoms with E-state index in [0.29, 0.717) is 0 Å². The molecule has 1 atom stereocenters. The maximum atomic E-state index is 4.25. The SMILES string of the molecule is [CH2-]C(CCCC)CCCCCCCCCCCC. The summed E-state index contributed by atoms with van der Waals surface area (Å²) in [5.41, 5.74) is 0. The van der Waals surface area contributed by atoms with Crippen molar-refractivity contribution in [1.82, 2.24) is 0 Å². The monoisotopic (exact) mass is 253 g/mol. The number of rotatable bonds is 14. The number of unbranched alkanes of at least 4 members (excludes halogenated alkanes) is 10. The fourth-order valence-corrected chi connectivity index (χ4v) is 2.56. The lowest BCUT2D eigenvalue weighted by atomic mass is 9.97. The molecule has 0 aromatic carbocycles. The maximum Gasteiger partial charge on any atom is -0.0533 e. The van der Waals surface area contributed by atoms with Gasteiger partial charge in [-0.2, -0.15) is 5.92 Å². The molecule has 0 aliphatic rings. The Morgan fingerprint density at radius 2 is 0.944 bits per heavy atom. The Labute approximate surface area is 117 Å². The first-order chi connectivity index (χ1) is 8.81. The van der Waals surface area contributed by atoms with Crippen molar-refractivity contribution in [2.24, 2.45) is 5.92 Å². The molecule has 110 valence electrons. The van der Waals surface area contributed by atoms with Gasteiger partial charge in [0.05, 0.1) is 0 Å². The second-order valence-corrected chi connectivity index (χ2v) is 5.98. The van der Waals surface area contributed by atoms with Crippen LogP contribution in [0.4, 0.5) is 0 Å². The van der Waals surface area contributed by atoms with Crippen LogP contribution in [0.2, 0.25) is 0 Å². The molecule has 0 amide bonds. The van der Waals surface area contributed by atoms with E-state index in [1.165, 1.54) is 89.9 Å². The second-order valence-electron chi connectivity index (χ2n) is 5.98. The van der Waals surface area contributed by atoms with Crippen molar-refractivity contribution in [2.75, 3.05) is 0 Å². The van der Waals surface area contributed by atoms with Crippen LogP contribution in [0.25, 0.3) is 0 Å². The van der Waals surface area contributed by atoms with Crippen LogP contribution in [0.5, 0.6) is 0 Å². The molecule has 0 spiro atoms. The van der Waals surface area contributed by atoms with Crippen LogP contribution in [0.3, 0.4) is 0 Å². The van der Waals surface area contributed by atoms with E-state index in [9.17, 15) is 0 Å². The van der Waals surface area contributed by atoms with Gasteiger partial charge in [-0.25, -0.2) is 0 Å². The van der Waals surface area contributed by atoms with E-state index in [1.807, 2.05) is 0 Å². The second kappa shape index (κ2) is 15.1. The predicted octanol–water partition coefficient (Wildman–Crippen LogP) is 6.94. The van der Waals surface area contributed by atoms with E-state index in [-0.39, 0.29) is 0 Å². The summed E-state index contributed by atoms with van der Waals surface area (Å²) >= 11 is 0. The van der Waals surface area contributed by atoms with Crippen molar-refractivity contribution < 1.29 is 0 Å². The summed E-state index contributed by atoms with van der Waals surface area (Å²) in [4.78, 5) is 0. The molecular formula is C18H37-. The van der Waals surface area contributed by atoms with E-state index < -0.39 is 0 Å². The van der Waals surface area contributed by atoms with Crippen LogP contribution >= 0.6 is 0 Å². The third-order valence-electron chi connectivity index (χ3n) is 3.93. The molecule has 18 heavy (non-hydrogen) atoms. The highest BCUT2D eigenvalue weighted by Crippen LogP contribution is 2.17. The van der Waals surface area contributed by atoms with Gasteiger partial charge < -0.3 is 6.92 Å². The minimum absolute atomic E-state index is 0.721. The lowest BCUT2D eigenvalue weighted by Crippen LogP contribution is -1.94. The average Bonchev–Trinajstić information content (AvgIpc) is 2.38. The molecule has 0 heterocycles. The topological polar surface area (TPSA) is 0 Å². The Morgan fingerprint density at radius 3 is 1.44 bits per heavy atom. The van der Waals surface area contributed by atoms with Gasteiger partial charge in [0.1, 0.15) is 0 Å². The van der Waals surface area contributed by atoms with Crippen LogP contribution in [0.15, 0.2) is 0 Å². The Hall–Kier alpha value is 0. The molecule has 0 saturated heterocycles. The van der Waals surface area contributed by atoms with Gasteiger partial charge >= 0.3 is 0 Å². The normalized spacial score (nSPS) is 12.8. The van der Waals surface area contributed by atoms with Crippen molar-refractivity contribution in [2.45, 2.75) is 104 Å². The average molecular weight is 253 g/mol. The summed E-state index contributed by atoms with van der Waals surface area (Å²) < 4.78 is 0. The Kier molecular flexibility index (Phi) is 15.1. The molecular weight excluding hydrogens is 216 g/mol. The maximum absolute atomic E-state index is 4.25. The first-order valence-electron chi connectivity index (χ1n) is 8.64. The first kappa shape index (κ1) is 18.0. The van der Waals surface area contributed by atoms with E-state index in [4.69, 9.17) is 0 Å². The van der Waals surface area contributed by atoms with Crippen molar-refractivity contribution in [1.29, 1.82) is 0 Å². The minimum Gasteiger partial charge on any atom is -0.340 e. The predicted molar refractivity (Wildman–Crippen MR) is 84.8 cm³/mol. The molecule has 0 N–H and O–H groups in total. The van der Waals surface area contributed by atoms with Crippen LogP contribution in [0, 0.1) is 12.8 Å². The molecule has 0 rings (SSSR count). The summed E-state index contributed by atoms with van der Waals surface area (Å²) in [6, 6.07) is 0. The van der Waals surface area contributed by atoms with Crippen LogP contribution in [0.1, 0.15) is 104 Å². The molecule has 0 bridgehead atoms. The molecule has 1 unspecified atom stereocenters. The van der Waals surface area contributed by atoms with Gasteiger partial charge in [-0.05, 0) is 0 Å². The molecule has 0 saturated carbocycles. The van der Waals surface area contributed by atoms with Gasteiger partial charge in [0, 0.05) is 0 Å². The van der Waals surface area contributed by atoms with Crippen LogP contribution < -0.4 is 0 Å². The van der Waals surface area contributed by atoms with Gasteiger partial charge in [0.15, 0.2) is 0 Å². The van der Waals surface area contributed by atoms with Crippen molar-refractivity contribution in [3.8, 4) is 0 Å². The third-order valence-corrected chi connectivity index (χ3v) is 3.93. The van der Waals surface area contributed by atoms with Crippen molar-refractivity contribution in [3.05, 3.63) is 6.92 Å². The molecule has 0 heteroatoms. The smallest absolute Gasteiger partial charge is 0.0533 e. The Morgan fingerprint density at radius 1 is 0.556 bits per heavy atom. The summed E-state index contributed by atoms with van der Waals surface area (Å²) in [5, 5.41) is 0. The van der Waals surface area contributed by atoms with Gasteiger partial charge in [0.25, 0.3) is 0 Å². The van der Waals surface area contributed by atoms with Crippen molar-refractivity contribution >= 4 is 0 Å². The zero-order valence-electron chi connectivity index (χ0n) is 13.2. The fraction of sp³-hybridized carbons (Fsp3) is 0.944. The number of hydrogen-bond donors (Lipinski definition) is 0. The van der Waals surface area contributed by atoms with E-state index in [1.54, 1.807) is 0 Å². The Balaban J connectivity index is 3.02. The van der Waals surface area contributed by atoms with Crippen LogP contribution in [-0.2, 0) is 0 Å². The Bertz CT molecular complexity index is 139. The molecule has 0 radical (unpaired) electrons. The molecule has 0 aromatic rings. The van der Waals surface area contributed by atoms with E-state index in [2.05, 4.69) is 20.8 Å². The van der Waals surface area contributed by atoms with E-state index >= 15 is 0 Å². The zero-order valence-corrected chi connectivity index (χ0v) is 13.2. The standard InChI is InChI=1S/C18H37/c1-4-6-8-9-10-11-12-13-14-15-17-18(3)16-7-5-2/h18H,3-17H2,1-2H3/q-1. The summed E-state index contributed by atoms with van der Waals surface area (Å²) in [6.45, 7) is 8.81. The third kappa shape index (κ3) is 14.1. The van der Waals surface area contributed by atoms with Crippen LogP contribution in [-0.4, -0.2) is 0 Å². The molecule has 0 aliphatic heterocycles. The van der Waals surface area contributed by atoms with E-state index in [0.717, 1.165) is 5.92 Å². The highest BCUT2D eigenvalue weighted by molar-refractivity contribution is 4.61. The fourth-order valence-electron chi connectivity index (χ4n) is 2.56. The quantitative estimate of drug-likeness (QED) is 0.232. The molecule has 0 fully saturated rings. The summed E-state index contributed by atoms with van der Waals surface area (Å²) in [6.07, 6.45) is 19.8. The van der Waals surface area contributed by atoms with Gasteiger partial charge in [-0.15, -0.1) is 0 Å². The lowest BCUT2D eigenvalue weighted by molar-refractivity contribution is 0.473.